The number of pyridine rings is 1. The third-order valence-electron chi connectivity index (χ3n) is 3.99. The maximum Gasteiger partial charge on any atom is 0.0908 e. The molecule has 2 unspecified atom stereocenters. The summed E-state index contributed by atoms with van der Waals surface area (Å²) in [6.07, 6.45) is 11.3. The van der Waals surface area contributed by atoms with Crippen molar-refractivity contribution in [2.45, 2.75) is 31.1 Å². The number of rotatable bonds is 3. The van der Waals surface area contributed by atoms with Crippen LogP contribution in [0.15, 0.2) is 36.7 Å². The minimum atomic E-state index is -0.352. The normalized spacial score (nSPS) is 27.0. The van der Waals surface area contributed by atoms with E-state index in [-0.39, 0.29) is 11.3 Å². The third kappa shape index (κ3) is 2.52. The van der Waals surface area contributed by atoms with Crippen LogP contribution in [-0.4, -0.2) is 9.97 Å². The molecular formula is C15H17N3S. The minimum absolute atomic E-state index is 0.183. The summed E-state index contributed by atoms with van der Waals surface area (Å²) < 4.78 is 0. The maximum absolute atomic E-state index is 8.76. The molecule has 0 aromatic carbocycles. The lowest BCUT2D eigenvalue weighted by atomic mass is 9.62. The maximum atomic E-state index is 8.76. The lowest BCUT2D eigenvalue weighted by Gasteiger charge is -2.42. The Kier molecular flexibility index (Phi) is 4.28. The van der Waals surface area contributed by atoms with E-state index in [1.54, 1.807) is 12.3 Å². The minimum Gasteiger partial charge on any atom is -0.393 e. The first-order valence-corrected chi connectivity index (χ1v) is 6.89. The monoisotopic (exact) mass is 271 g/mol. The molecule has 2 atom stereocenters. The van der Waals surface area contributed by atoms with Gasteiger partial charge in [0.15, 0.2) is 0 Å². The highest BCUT2D eigenvalue weighted by atomic mass is 32.1. The summed E-state index contributed by atoms with van der Waals surface area (Å²) in [5, 5.41) is 8.76. The summed E-state index contributed by atoms with van der Waals surface area (Å²) in [5.41, 5.74) is 6.80. The average molecular weight is 271 g/mol. The molecular weight excluding hydrogens is 254 g/mol. The van der Waals surface area contributed by atoms with E-state index in [1.807, 2.05) is 24.4 Å². The van der Waals surface area contributed by atoms with Crippen LogP contribution in [0.25, 0.3) is 0 Å². The fourth-order valence-electron chi connectivity index (χ4n) is 3.05. The zero-order valence-corrected chi connectivity index (χ0v) is 11.6. The van der Waals surface area contributed by atoms with E-state index in [2.05, 4.69) is 11.1 Å². The topological polar surface area (TPSA) is 62.7 Å². The Labute approximate surface area is 119 Å². The van der Waals surface area contributed by atoms with Crippen molar-refractivity contribution >= 4 is 17.2 Å². The Bertz CT molecular complexity index is 518. The van der Waals surface area contributed by atoms with Crippen molar-refractivity contribution in [1.29, 1.82) is 5.26 Å². The molecule has 2 N–H and O–H groups in total. The Balaban J connectivity index is 2.50. The summed E-state index contributed by atoms with van der Waals surface area (Å²) in [7, 11) is 0. The molecule has 1 aromatic heterocycles. The van der Waals surface area contributed by atoms with Gasteiger partial charge in [0.05, 0.1) is 16.5 Å². The predicted molar refractivity (Wildman–Crippen MR) is 79.4 cm³/mol. The molecule has 0 spiro atoms. The van der Waals surface area contributed by atoms with Crippen LogP contribution in [-0.2, 0) is 5.41 Å². The highest BCUT2D eigenvalue weighted by molar-refractivity contribution is 7.80. The van der Waals surface area contributed by atoms with Crippen LogP contribution >= 0.6 is 12.2 Å². The average Bonchev–Trinajstić information content (AvgIpc) is 2.46. The first kappa shape index (κ1) is 13.7. The summed E-state index contributed by atoms with van der Waals surface area (Å²) in [5.74, 6) is 0.183. The zero-order chi connectivity index (χ0) is 13.7. The van der Waals surface area contributed by atoms with E-state index in [1.165, 1.54) is 0 Å². The Morgan fingerprint density at radius 1 is 1.58 bits per heavy atom. The smallest absolute Gasteiger partial charge is 0.0908 e. The number of hydrogen-bond donors (Lipinski definition) is 1. The highest BCUT2D eigenvalue weighted by Gasteiger charge is 2.43. The molecule has 1 heterocycles. The third-order valence-corrected chi connectivity index (χ3v) is 4.35. The van der Waals surface area contributed by atoms with Crippen LogP contribution < -0.4 is 5.73 Å². The summed E-state index contributed by atoms with van der Waals surface area (Å²) in [4.78, 5) is 4.70. The molecule has 1 saturated carbocycles. The Morgan fingerprint density at radius 2 is 2.42 bits per heavy atom. The number of nitrogens with two attached hydrogens (primary N) is 1. The van der Waals surface area contributed by atoms with E-state index >= 15 is 0 Å². The van der Waals surface area contributed by atoms with Crippen LogP contribution in [0, 0.1) is 17.2 Å². The van der Waals surface area contributed by atoms with Gasteiger partial charge in [-0.25, -0.2) is 0 Å². The van der Waals surface area contributed by atoms with E-state index < -0.39 is 0 Å². The molecule has 0 radical (unpaired) electrons. The van der Waals surface area contributed by atoms with Gasteiger partial charge in [-0.2, -0.15) is 5.26 Å². The van der Waals surface area contributed by atoms with Crippen LogP contribution in [0.4, 0.5) is 0 Å². The first-order valence-electron chi connectivity index (χ1n) is 6.48. The summed E-state index contributed by atoms with van der Waals surface area (Å²) >= 11 is 5.37. The van der Waals surface area contributed by atoms with Gasteiger partial charge in [-0.05, 0) is 30.4 Å². The fourth-order valence-corrected chi connectivity index (χ4v) is 3.42. The lowest BCUT2D eigenvalue weighted by molar-refractivity contribution is 0.303. The van der Waals surface area contributed by atoms with Crippen molar-refractivity contribution in [3.05, 3.63) is 42.2 Å². The van der Waals surface area contributed by atoms with E-state index in [4.69, 9.17) is 23.2 Å². The number of nitriles is 1. The van der Waals surface area contributed by atoms with Gasteiger partial charge in [0.1, 0.15) is 0 Å². The van der Waals surface area contributed by atoms with Gasteiger partial charge >= 0.3 is 0 Å². The number of nitrogens with zero attached hydrogens (tertiary/aromatic N) is 2. The number of thiocarbonyl (C=S) groups is 1. The van der Waals surface area contributed by atoms with Gasteiger partial charge in [0, 0.05) is 18.5 Å². The second-order valence-electron chi connectivity index (χ2n) is 4.92. The van der Waals surface area contributed by atoms with Gasteiger partial charge in [-0.15, -0.1) is 0 Å². The van der Waals surface area contributed by atoms with Gasteiger partial charge < -0.3 is 5.73 Å². The molecule has 1 aliphatic carbocycles. The highest BCUT2D eigenvalue weighted by Crippen LogP contribution is 2.44. The van der Waals surface area contributed by atoms with Crippen molar-refractivity contribution in [3.8, 4) is 6.07 Å². The van der Waals surface area contributed by atoms with E-state index in [0.717, 1.165) is 31.2 Å². The van der Waals surface area contributed by atoms with Gasteiger partial charge in [0.2, 0.25) is 0 Å². The predicted octanol–water partition coefficient (Wildman–Crippen LogP) is 2.88. The molecule has 19 heavy (non-hydrogen) atoms. The molecule has 1 fully saturated rings. The van der Waals surface area contributed by atoms with Crippen molar-refractivity contribution in [3.63, 3.8) is 0 Å². The lowest BCUT2D eigenvalue weighted by Crippen LogP contribution is -2.47. The number of aromatic nitrogens is 1. The first-order chi connectivity index (χ1) is 9.21. The zero-order valence-electron chi connectivity index (χ0n) is 10.7. The Morgan fingerprint density at radius 3 is 3.05 bits per heavy atom. The van der Waals surface area contributed by atoms with Crippen LogP contribution in [0.1, 0.15) is 31.2 Å². The molecule has 3 nitrogen and oxygen atoms in total. The second kappa shape index (κ2) is 5.94. The quantitative estimate of drug-likeness (QED) is 0.678. The van der Waals surface area contributed by atoms with Gasteiger partial charge in [0.25, 0.3) is 0 Å². The van der Waals surface area contributed by atoms with Crippen LogP contribution in [0.3, 0.4) is 0 Å². The number of allylic oxidation sites excluding steroid dienone is 2. The summed E-state index contributed by atoms with van der Waals surface area (Å²) in [6.45, 7) is 0. The molecule has 4 heteroatoms. The van der Waals surface area contributed by atoms with Crippen LogP contribution in [0.2, 0.25) is 0 Å². The van der Waals surface area contributed by atoms with Crippen molar-refractivity contribution in [1.82, 2.24) is 4.98 Å². The molecule has 0 bridgehead atoms. The fraction of sp³-hybridized carbons (Fsp3) is 0.400. The van der Waals surface area contributed by atoms with Gasteiger partial charge in [-0.3, -0.25) is 4.98 Å². The SMILES string of the molecule is N#CC=CC1CCCCC1(C(N)=S)c1cccnc1. The molecule has 1 aromatic rings. The number of hydrogen-bond acceptors (Lipinski definition) is 3. The standard InChI is InChI=1S/C15H17N3S/c16-9-3-6-12-5-1-2-8-15(12,14(17)19)13-7-4-10-18-11-13/h3-4,6-7,10-12H,1-2,5,8H2,(H2,17,19). The Hall–Kier alpha value is -1.73. The van der Waals surface area contributed by atoms with E-state index in [0.29, 0.717) is 4.99 Å². The molecule has 98 valence electrons. The molecule has 0 aliphatic heterocycles. The molecule has 2 rings (SSSR count). The van der Waals surface area contributed by atoms with Crippen molar-refractivity contribution < 1.29 is 0 Å². The second-order valence-corrected chi connectivity index (χ2v) is 5.36. The van der Waals surface area contributed by atoms with Gasteiger partial charge in [-0.1, -0.05) is 37.2 Å². The molecule has 1 aliphatic rings. The largest absolute Gasteiger partial charge is 0.393 e. The molecule has 0 amide bonds. The van der Waals surface area contributed by atoms with Crippen LogP contribution in [0.5, 0.6) is 0 Å². The summed E-state index contributed by atoms with van der Waals surface area (Å²) in [6, 6.07) is 6.01. The van der Waals surface area contributed by atoms with Crippen molar-refractivity contribution in [2.75, 3.05) is 0 Å². The van der Waals surface area contributed by atoms with E-state index in [9.17, 15) is 0 Å². The molecule has 0 saturated heterocycles. The van der Waals surface area contributed by atoms with Crippen molar-refractivity contribution in [2.24, 2.45) is 11.7 Å².